The largest absolute Gasteiger partial charge is 0.374 e. The lowest BCUT2D eigenvalue weighted by Gasteiger charge is -2.44. The number of rotatable bonds is 1. The van der Waals surface area contributed by atoms with E-state index < -0.39 is 0 Å². The number of nitrogens with zero attached hydrogens (tertiary/aromatic N) is 2. The van der Waals surface area contributed by atoms with E-state index in [0.717, 1.165) is 0 Å². The van der Waals surface area contributed by atoms with Crippen molar-refractivity contribution in [2.45, 2.75) is 58.3 Å². The van der Waals surface area contributed by atoms with Crippen molar-refractivity contribution in [3.8, 4) is 11.1 Å². The van der Waals surface area contributed by atoms with Crippen LogP contribution in [0.3, 0.4) is 0 Å². The quantitative estimate of drug-likeness (QED) is 0.154. The van der Waals surface area contributed by atoms with Crippen molar-refractivity contribution >= 4 is 109 Å². The first-order valence-corrected chi connectivity index (χ1v) is 20.3. The topological polar surface area (TPSA) is 8.17 Å². The summed E-state index contributed by atoms with van der Waals surface area (Å²) in [6, 6.07) is 42.0. The van der Waals surface area contributed by atoms with Gasteiger partial charge in [0.25, 0.3) is 0 Å². The second-order valence-electron chi connectivity index (χ2n) is 16.8. The Morgan fingerprint density at radius 2 is 1.25 bits per heavy atom. The SMILES string of the molecule is Cc1cc2c(cc1N1c3cc4ccccc4c4c3B(c3c1sc1ccccc31)n1c3c-4cccc3c3sc4ccccc4c31)C(C)(C)CCC2(C)C. The van der Waals surface area contributed by atoms with Crippen molar-refractivity contribution in [1.29, 1.82) is 0 Å². The second kappa shape index (κ2) is 9.77. The van der Waals surface area contributed by atoms with Crippen LogP contribution in [0.1, 0.15) is 57.2 Å². The van der Waals surface area contributed by atoms with E-state index in [0.29, 0.717) is 0 Å². The zero-order chi connectivity index (χ0) is 34.8. The van der Waals surface area contributed by atoms with Gasteiger partial charge < -0.3 is 9.38 Å². The van der Waals surface area contributed by atoms with Gasteiger partial charge in [-0.05, 0) is 104 Å². The third-order valence-electron chi connectivity index (χ3n) is 12.9. The average molecular weight is 705 g/mol. The Bertz CT molecular complexity index is 3060. The monoisotopic (exact) mass is 704 g/mol. The molecule has 0 N–H and O–H groups in total. The summed E-state index contributed by atoms with van der Waals surface area (Å²) in [4.78, 5) is 2.69. The van der Waals surface area contributed by atoms with Crippen LogP contribution in [0.4, 0.5) is 16.4 Å². The van der Waals surface area contributed by atoms with E-state index >= 15 is 0 Å². The van der Waals surface area contributed by atoms with Gasteiger partial charge in [0.1, 0.15) is 0 Å². The average Bonchev–Trinajstić information content (AvgIpc) is 3.82. The highest BCUT2D eigenvalue weighted by Crippen LogP contribution is 2.54. The van der Waals surface area contributed by atoms with E-state index in [9.17, 15) is 0 Å². The minimum atomic E-state index is 0.0400. The number of aryl methyl sites for hydroxylation is 1. The summed E-state index contributed by atoms with van der Waals surface area (Å²) >= 11 is 3.92. The Morgan fingerprint density at radius 3 is 2.04 bits per heavy atom. The molecule has 3 aliphatic rings. The van der Waals surface area contributed by atoms with Crippen molar-refractivity contribution in [1.82, 2.24) is 4.48 Å². The van der Waals surface area contributed by atoms with Crippen molar-refractivity contribution in [2.24, 2.45) is 0 Å². The number of fused-ring (bicyclic) bond motifs is 14. The molecule has 9 aromatic rings. The molecule has 52 heavy (non-hydrogen) atoms. The van der Waals surface area contributed by atoms with Gasteiger partial charge in [0.15, 0.2) is 0 Å². The van der Waals surface area contributed by atoms with Gasteiger partial charge >= 0.3 is 6.85 Å². The molecule has 5 heterocycles. The van der Waals surface area contributed by atoms with Crippen LogP contribution in [0.5, 0.6) is 0 Å². The molecule has 0 atom stereocenters. The first-order chi connectivity index (χ1) is 25.2. The number of benzene rings is 6. The Hall–Kier alpha value is -4.84. The number of thiophene rings is 2. The van der Waals surface area contributed by atoms with Crippen LogP contribution in [0.2, 0.25) is 0 Å². The molecule has 5 heteroatoms. The van der Waals surface area contributed by atoms with E-state index in [1.807, 2.05) is 22.7 Å². The molecule has 2 nitrogen and oxygen atoms in total. The minimum Gasteiger partial charge on any atom is -0.374 e. The molecule has 0 saturated carbocycles. The predicted octanol–water partition coefficient (Wildman–Crippen LogP) is 12.5. The molecule has 1 aliphatic carbocycles. The number of hydrogen-bond donors (Lipinski definition) is 0. The molecular formula is C47H37BN2S2. The van der Waals surface area contributed by atoms with Crippen molar-refractivity contribution in [3.05, 3.63) is 126 Å². The first-order valence-electron chi connectivity index (χ1n) is 18.7. The fraction of sp³-hybridized carbons (Fsp3) is 0.191. The molecule has 0 spiro atoms. The summed E-state index contributed by atoms with van der Waals surface area (Å²) in [6.45, 7) is 12.2. The van der Waals surface area contributed by atoms with Gasteiger partial charge in [0.2, 0.25) is 0 Å². The molecule has 2 aliphatic heterocycles. The molecule has 3 aromatic heterocycles. The van der Waals surface area contributed by atoms with E-state index in [-0.39, 0.29) is 17.7 Å². The highest BCUT2D eigenvalue weighted by Gasteiger charge is 2.47. The van der Waals surface area contributed by atoms with Gasteiger partial charge in [0.05, 0.1) is 20.9 Å². The fourth-order valence-corrected chi connectivity index (χ4v) is 12.8. The van der Waals surface area contributed by atoms with E-state index in [4.69, 9.17) is 0 Å². The fourth-order valence-electron chi connectivity index (χ4n) is 10.3. The third kappa shape index (κ3) is 3.57. The molecule has 0 fully saturated rings. The van der Waals surface area contributed by atoms with Crippen LogP contribution in [0.15, 0.2) is 109 Å². The van der Waals surface area contributed by atoms with Crippen molar-refractivity contribution in [2.75, 3.05) is 4.90 Å². The molecule has 0 radical (unpaired) electrons. The van der Waals surface area contributed by atoms with Crippen LogP contribution in [-0.2, 0) is 10.8 Å². The highest BCUT2D eigenvalue weighted by atomic mass is 32.1. The number of aromatic nitrogens is 1. The molecule has 250 valence electrons. The Labute approximate surface area is 312 Å². The van der Waals surface area contributed by atoms with Crippen molar-refractivity contribution < 1.29 is 0 Å². The van der Waals surface area contributed by atoms with Crippen molar-refractivity contribution in [3.63, 3.8) is 0 Å². The zero-order valence-electron chi connectivity index (χ0n) is 30.1. The Morgan fingerprint density at radius 1 is 0.596 bits per heavy atom. The molecule has 0 unspecified atom stereocenters. The molecule has 6 aromatic carbocycles. The standard InChI is InChI=1S/C47H37BN2S2/c1-26-23-33-34(47(4,5)22-21-46(33,2)3)25-35(26)49-36-24-27-13-6-7-14-28(27)39-31-17-12-18-32-42(31)50(43-30-16-9-11-20-38(30)51-44(32)43)48(41(36)39)40-29-15-8-10-19-37(29)52-45(40)49/h6-20,23-25H,21-22H2,1-5H3. The van der Waals surface area contributed by atoms with Gasteiger partial charge in [-0.1, -0.05) is 113 Å². The van der Waals surface area contributed by atoms with Gasteiger partial charge in [-0.25, -0.2) is 0 Å². The van der Waals surface area contributed by atoms with Crippen LogP contribution in [0.25, 0.3) is 63.2 Å². The summed E-state index contributed by atoms with van der Waals surface area (Å²) in [5.41, 5.74) is 15.6. The number of anilines is 3. The number of para-hydroxylation sites is 1. The molecular weight excluding hydrogens is 667 g/mol. The summed E-state index contributed by atoms with van der Waals surface area (Å²) in [7, 11) is 0. The maximum atomic E-state index is 2.76. The van der Waals surface area contributed by atoms with E-state index in [1.165, 1.54) is 120 Å². The lowest BCUT2D eigenvalue weighted by atomic mass is 9.45. The third-order valence-corrected chi connectivity index (χ3v) is 15.3. The molecule has 0 saturated heterocycles. The maximum Gasteiger partial charge on any atom is 0.334 e. The summed E-state index contributed by atoms with van der Waals surface area (Å²) in [6.07, 6.45) is 2.41. The smallest absolute Gasteiger partial charge is 0.334 e. The Kier molecular flexibility index (Phi) is 5.58. The van der Waals surface area contributed by atoms with Gasteiger partial charge in [0, 0.05) is 36.9 Å². The summed E-state index contributed by atoms with van der Waals surface area (Å²) in [5.74, 6) is 0. The normalized spacial score (nSPS) is 16.6. The molecule has 12 rings (SSSR count). The Balaban J connectivity index is 1.29. The van der Waals surface area contributed by atoms with Gasteiger partial charge in [-0.3, -0.25) is 0 Å². The lowest BCUT2D eigenvalue weighted by Crippen LogP contribution is -2.56. The van der Waals surface area contributed by atoms with Crippen LogP contribution in [-0.4, -0.2) is 11.3 Å². The maximum absolute atomic E-state index is 2.76. The van der Waals surface area contributed by atoms with Gasteiger partial charge in [-0.15, -0.1) is 22.7 Å². The lowest BCUT2D eigenvalue weighted by molar-refractivity contribution is 0.332. The predicted molar refractivity (Wildman–Crippen MR) is 228 cm³/mol. The summed E-state index contributed by atoms with van der Waals surface area (Å²) in [5, 5.41) is 8.08. The van der Waals surface area contributed by atoms with E-state index in [2.05, 4.69) is 153 Å². The van der Waals surface area contributed by atoms with E-state index in [1.54, 1.807) is 0 Å². The summed E-state index contributed by atoms with van der Waals surface area (Å²) < 4.78 is 6.87. The zero-order valence-corrected chi connectivity index (χ0v) is 31.7. The van der Waals surface area contributed by atoms with Crippen LogP contribution < -0.4 is 15.8 Å². The highest BCUT2D eigenvalue weighted by molar-refractivity contribution is 7.27. The number of hydrogen-bond acceptors (Lipinski definition) is 3. The molecule has 0 amide bonds. The van der Waals surface area contributed by atoms with Crippen LogP contribution >= 0.6 is 22.7 Å². The van der Waals surface area contributed by atoms with Gasteiger partial charge in [-0.2, -0.15) is 0 Å². The first kappa shape index (κ1) is 29.7. The minimum absolute atomic E-state index is 0.0400. The van der Waals surface area contributed by atoms with Crippen LogP contribution in [0, 0.1) is 6.92 Å². The molecule has 0 bridgehead atoms. The second-order valence-corrected chi connectivity index (χ2v) is 18.8.